The molecule has 1 saturated heterocycles. The van der Waals surface area contributed by atoms with Crippen LogP contribution in [0.5, 0.6) is 5.75 Å². The number of hydrogen-bond acceptors (Lipinski definition) is 3. The fraction of sp³-hybridized carbons (Fsp3) is 0.429. The van der Waals surface area contributed by atoms with Gasteiger partial charge in [-0.05, 0) is 31.4 Å². The van der Waals surface area contributed by atoms with Crippen molar-refractivity contribution >= 4 is 11.9 Å². The molecule has 108 valence electrons. The molecule has 1 N–H and O–H groups in total. The maximum Gasteiger partial charge on any atom is 0.326 e. The molecular formula is C14H16FNO4. The predicted molar refractivity (Wildman–Crippen MR) is 69.3 cm³/mol. The fourth-order valence-electron chi connectivity index (χ4n) is 2.46. The van der Waals surface area contributed by atoms with Crippen LogP contribution in [0.4, 0.5) is 4.39 Å². The molecule has 0 aromatic heterocycles. The number of likely N-dealkylation sites (tertiary alicyclic amines) is 1. The van der Waals surface area contributed by atoms with Gasteiger partial charge in [0.05, 0.1) is 7.11 Å². The lowest BCUT2D eigenvalue weighted by molar-refractivity contribution is -0.143. The van der Waals surface area contributed by atoms with Crippen LogP contribution in [-0.2, 0) is 4.79 Å². The van der Waals surface area contributed by atoms with Crippen molar-refractivity contribution in [3.05, 3.63) is 29.6 Å². The highest BCUT2D eigenvalue weighted by molar-refractivity contribution is 5.99. The van der Waals surface area contributed by atoms with Crippen molar-refractivity contribution < 1.29 is 23.8 Å². The van der Waals surface area contributed by atoms with Gasteiger partial charge in [0.1, 0.15) is 23.2 Å². The van der Waals surface area contributed by atoms with Crippen molar-refractivity contribution in [2.24, 2.45) is 0 Å². The Morgan fingerprint density at radius 1 is 1.40 bits per heavy atom. The van der Waals surface area contributed by atoms with Crippen LogP contribution in [0.1, 0.15) is 29.6 Å². The summed E-state index contributed by atoms with van der Waals surface area (Å²) < 4.78 is 18.9. The zero-order valence-electron chi connectivity index (χ0n) is 11.1. The molecule has 0 radical (unpaired) electrons. The largest absolute Gasteiger partial charge is 0.496 e. The zero-order chi connectivity index (χ0) is 14.7. The number of rotatable bonds is 3. The van der Waals surface area contributed by atoms with Crippen molar-refractivity contribution in [1.82, 2.24) is 4.90 Å². The second kappa shape index (κ2) is 5.90. The van der Waals surface area contributed by atoms with Crippen molar-refractivity contribution in [3.63, 3.8) is 0 Å². The Kier molecular flexibility index (Phi) is 4.22. The summed E-state index contributed by atoms with van der Waals surface area (Å²) in [5, 5.41) is 9.18. The first-order valence-electron chi connectivity index (χ1n) is 6.42. The van der Waals surface area contributed by atoms with E-state index in [4.69, 9.17) is 4.74 Å². The van der Waals surface area contributed by atoms with Gasteiger partial charge in [-0.3, -0.25) is 4.79 Å². The molecule has 1 aromatic carbocycles. The molecule has 0 spiro atoms. The molecule has 1 aliphatic rings. The minimum atomic E-state index is -1.06. The summed E-state index contributed by atoms with van der Waals surface area (Å²) in [6, 6.07) is 3.18. The number of halogens is 1. The molecule has 1 heterocycles. The van der Waals surface area contributed by atoms with Gasteiger partial charge in [-0.2, -0.15) is 0 Å². The number of carbonyl (C=O) groups is 2. The van der Waals surface area contributed by atoms with Crippen molar-refractivity contribution in [1.29, 1.82) is 0 Å². The van der Waals surface area contributed by atoms with Gasteiger partial charge >= 0.3 is 5.97 Å². The van der Waals surface area contributed by atoms with Gasteiger partial charge in [-0.1, -0.05) is 6.07 Å². The number of piperidine rings is 1. The lowest BCUT2D eigenvalue weighted by Crippen LogP contribution is -2.48. The number of carboxylic acid groups (broad SMARTS) is 1. The average Bonchev–Trinajstić information content (AvgIpc) is 2.46. The van der Waals surface area contributed by atoms with Gasteiger partial charge in [0.2, 0.25) is 0 Å². The van der Waals surface area contributed by atoms with E-state index in [2.05, 4.69) is 0 Å². The standard InChI is InChI=1S/C14H16FNO4/c1-20-11-7-4-5-9(15)12(11)13(17)16-8-3-2-6-10(16)14(18)19/h4-5,7,10H,2-3,6,8H2,1H3,(H,18,19). The summed E-state index contributed by atoms with van der Waals surface area (Å²) in [7, 11) is 1.34. The van der Waals surface area contributed by atoms with Gasteiger partial charge in [-0.25, -0.2) is 9.18 Å². The van der Waals surface area contributed by atoms with Crippen molar-refractivity contribution in [3.8, 4) is 5.75 Å². The smallest absolute Gasteiger partial charge is 0.326 e. The quantitative estimate of drug-likeness (QED) is 0.919. The van der Waals surface area contributed by atoms with Crippen LogP contribution in [0.25, 0.3) is 0 Å². The van der Waals surface area contributed by atoms with Gasteiger partial charge < -0.3 is 14.7 Å². The van der Waals surface area contributed by atoms with Crippen LogP contribution in [-0.4, -0.2) is 41.6 Å². The summed E-state index contributed by atoms with van der Waals surface area (Å²) in [6.07, 6.45) is 1.85. The molecule has 1 atom stereocenters. The van der Waals surface area contributed by atoms with E-state index in [9.17, 15) is 19.1 Å². The maximum absolute atomic E-state index is 13.9. The first-order chi connectivity index (χ1) is 9.56. The SMILES string of the molecule is COc1cccc(F)c1C(=O)N1CCCCC1C(=O)O. The molecule has 0 aliphatic carbocycles. The summed E-state index contributed by atoms with van der Waals surface area (Å²) >= 11 is 0. The Balaban J connectivity index is 2.37. The van der Waals surface area contributed by atoms with Gasteiger partial charge in [0.25, 0.3) is 5.91 Å². The Labute approximate surface area is 116 Å². The number of benzene rings is 1. The lowest BCUT2D eigenvalue weighted by atomic mass is 10.0. The molecule has 1 unspecified atom stereocenters. The van der Waals surface area contributed by atoms with Crippen molar-refractivity contribution in [2.75, 3.05) is 13.7 Å². The number of nitrogens with zero attached hydrogens (tertiary/aromatic N) is 1. The van der Waals surface area contributed by atoms with E-state index in [1.807, 2.05) is 0 Å². The Morgan fingerprint density at radius 3 is 2.80 bits per heavy atom. The second-order valence-corrected chi connectivity index (χ2v) is 4.67. The zero-order valence-corrected chi connectivity index (χ0v) is 11.1. The number of ether oxygens (including phenoxy) is 1. The number of carbonyl (C=O) groups excluding carboxylic acids is 1. The summed E-state index contributed by atoms with van der Waals surface area (Å²) in [5.41, 5.74) is -0.205. The predicted octanol–water partition coefficient (Wildman–Crippen LogP) is 1.91. The second-order valence-electron chi connectivity index (χ2n) is 4.67. The lowest BCUT2D eigenvalue weighted by Gasteiger charge is -2.33. The van der Waals surface area contributed by atoms with Gasteiger partial charge in [0.15, 0.2) is 0 Å². The highest BCUT2D eigenvalue weighted by atomic mass is 19.1. The number of hydrogen-bond donors (Lipinski definition) is 1. The molecule has 1 aromatic rings. The van der Waals surface area contributed by atoms with Crippen LogP contribution < -0.4 is 4.74 Å². The molecule has 0 bridgehead atoms. The van der Waals surface area contributed by atoms with E-state index in [1.54, 1.807) is 0 Å². The van der Waals surface area contributed by atoms with E-state index in [0.717, 1.165) is 12.5 Å². The van der Waals surface area contributed by atoms with Crippen LogP contribution in [0.15, 0.2) is 18.2 Å². The molecule has 6 heteroatoms. The Morgan fingerprint density at radius 2 is 2.15 bits per heavy atom. The molecule has 1 fully saturated rings. The number of methoxy groups -OCH3 is 1. The van der Waals surface area contributed by atoms with E-state index in [0.29, 0.717) is 19.4 Å². The molecule has 0 saturated carbocycles. The van der Waals surface area contributed by atoms with Crippen LogP contribution >= 0.6 is 0 Å². The molecule has 2 rings (SSSR count). The van der Waals surface area contributed by atoms with E-state index in [1.165, 1.54) is 24.1 Å². The van der Waals surface area contributed by atoms with Gasteiger partial charge in [0, 0.05) is 6.54 Å². The summed E-state index contributed by atoms with van der Waals surface area (Å²) in [4.78, 5) is 24.9. The minimum Gasteiger partial charge on any atom is -0.496 e. The fourth-order valence-corrected chi connectivity index (χ4v) is 2.46. The molecule has 20 heavy (non-hydrogen) atoms. The Hall–Kier alpha value is -2.11. The van der Waals surface area contributed by atoms with E-state index in [-0.39, 0.29) is 11.3 Å². The first kappa shape index (κ1) is 14.3. The maximum atomic E-state index is 13.9. The number of amides is 1. The Bertz CT molecular complexity index is 532. The van der Waals surface area contributed by atoms with Crippen LogP contribution in [0.2, 0.25) is 0 Å². The summed E-state index contributed by atoms with van der Waals surface area (Å²) in [5.74, 6) is -2.28. The molecular weight excluding hydrogens is 265 g/mol. The first-order valence-corrected chi connectivity index (χ1v) is 6.42. The monoisotopic (exact) mass is 281 g/mol. The third-order valence-corrected chi connectivity index (χ3v) is 3.46. The van der Waals surface area contributed by atoms with E-state index < -0.39 is 23.7 Å². The van der Waals surface area contributed by atoms with Crippen LogP contribution in [0, 0.1) is 5.82 Å². The highest BCUT2D eigenvalue weighted by Gasteiger charge is 2.34. The van der Waals surface area contributed by atoms with Crippen molar-refractivity contribution in [2.45, 2.75) is 25.3 Å². The van der Waals surface area contributed by atoms with Crippen LogP contribution in [0.3, 0.4) is 0 Å². The topological polar surface area (TPSA) is 66.8 Å². The molecule has 1 aliphatic heterocycles. The normalized spacial score (nSPS) is 18.7. The minimum absolute atomic E-state index is 0.115. The molecule has 1 amide bonds. The number of aliphatic carboxylic acids is 1. The third kappa shape index (κ3) is 2.59. The highest BCUT2D eigenvalue weighted by Crippen LogP contribution is 2.26. The average molecular weight is 281 g/mol. The van der Waals surface area contributed by atoms with E-state index >= 15 is 0 Å². The third-order valence-electron chi connectivity index (χ3n) is 3.46. The number of carboxylic acids is 1. The summed E-state index contributed by atoms with van der Waals surface area (Å²) in [6.45, 7) is 0.313. The molecule has 5 nitrogen and oxygen atoms in total. The van der Waals surface area contributed by atoms with Gasteiger partial charge in [-0.15, -0.1) is 0 Å².